The van der Waals surface area contributed by atoms with Gasteiger partial charge in [0.25, 0.3) is 0 Å². The number of carboxylic acid groups (broad SMARTS) is 2. The van der Waals surface area contributed by atoms with Crippen LogP contribution in [0.25, 0.3) is 0 Å². The minimum Gasteiger partial charge on any atom is -0.545 e. The molecule has 0 N–H and O–H groups in total. The first-order valence-electron chi connectivity index (χ1n) is 3.73. The summed E-state index contributed by atoms with van der Waals surface area (Å²) in [4.78, 5) is 19.8. The van der Waals surface area contributed by atoms with E-state index in [-0.39, 0.29) is 59.1 Å². The van der Waals surface area contributed by atoms with Gasteiger partial charge in [-0.05, 0) is 12.2 Å². The average Bonchev–Trinajstić information content (AvgIpc) is 2.08. The summed E-state index contributed by atoms with van der Waals surface area (Å²) in [5.41, 5.74) is 0. The van der Waals surface area contributed by atoms with Crippen LogP contribution in [0.5, 0.6) is 0 Å². The monoisotopic (exact) mass is 238 g/mol. The third-order valence-corrected chi connectivity index (χ3v) is 1.02. The van der Waals surface area contributed by atoms with Crippen LogP contribution < -0.4 is 69.3 Å². The molecule has 0 spiro atoms. The van der Waals surface area contributed by atoms with E-state index in [4.69, 9.17) is 0 Å². The van der Waals surface area contributed by atoms with Crippen molar-refractivity contribution in [1.82, 2.24) is 0 Å². The zero-order valence-corrected chi connectivity index (χ0v) is 13.3. The Bertz CT molecular complexity index is 285. The summed E-state index contributed by atoms with van der Waals surface area (Å²) >= 11 is 0. The summed E-state index contributed by atoms with van der Waals surface area (Å²) in [7, 11) is 0. The minimum atomic E-state index is -1.27. The number of rotatable bonds is 5. The van der Waals surface area contributed by atoms with E-state index in [0.717, 1.165) is 12.2 Å². The number of carbonyl (C=O) groups excluding carboxylic acids is 2. The second-order valence-corrected chi connectivity index (χ2v) is 2.13. The Kier molecular flexibility index (Phi) is 19.8. The van der Waals surface area contributed by atoms with Crippen molar-refractivity contribution in [3.05, 3.63) is 48.6 Å². The first-order valence-corrected chi connectivity index (χ1v) is 3.73. The normalized spacial score (nSPS) is 10.8. The Morgan fingerprint density at radius 2 is 0.875 bits per heavy atom. The molecule has 0 aromatic rings. The number of allylic oxidation sites excluding steroid dienone is 6. The fraction of sp³-hybridized carbons (Fsp3) is 0. The minimum absolute atomic E-state index is 0. The molecule has 0 aliphatic heterocycles. The molecular formula is C10H8Na2O4. The Morgan fingerprint density at radius 3 is 1.12 bits per heavy atom. The molecule has 0 aliphatic carbocycles. The summed E-state index contributed by atoms with van der Waals surface area (Å²) < 4.78 is 0. The van der Waals surface area contributed by atoms with Crippen molar-refractivity contribution in [3.8, 4) is 0 Å². The van der Waals surface area contributed by atoms with E-state index >= 15 is 0 Å². The van der Waals surface area contributed by atoms with E-state index < -0.39 is 11.9 Å². The van der Waals surface area contributed by atoms with E-state index in [0.29, 0.717) is 0 Å². The summed E-state index contributed by atoms with van der Waals surface area (Å²) in [6.45, 7) is 0. The number of hydrogen-bond donors (Lipinski definition) is 0. The molecule has 0 atom stereocenters. The molecule has 0 heterocycles. The molecule has 0 saturated heterocycles. The van der Waals surface area contributed by atoms with Crippen molar-refractivity contribution in [2.75, 3.05) is 0 Å². The van der Waals surface area contributed by atoms with Gasteiger partial charge in [0, 0.05) is 0 Å². The molecule has 0 amide bonds. The van der Waals surface area contributed by atoms with Crippen LogP contribution in [-0.2, 0) is 9.59 Å². The molecule has 0 aromatic carbocycles. The number of carbonyl (C=O) groups is 2. The number of aliphatic carboxylic acids is 2. The van der Waals surface area contributed by atoms with E-state index in [9.17, 15) is 19.8 Å². The van der Waals surface area contributed by atoms with Crippen LogP contribution in [0.3, 0.4) is 0 Å². The molecule has 0 rings (SSSR count). The van der Waals surface area contributed by atoms with Crippen LogP contribution in [0.4, 0.5) is 0 Å². The van der Waals surface area contributed by atoms with Crippen LogP contribution in [-0.4, -0.2) is 11.9 Å². The first kappa shape index (κ1) is 21.2. The SMILES string of the molecule is O=C([O-])/C=C/C=C/C=C/C=C/C(=O)[O-].[Na+].[Na+]. The molecule has 0 fully saturated rings. The standard InChI is InChI=1S/C10H10O4.2Na/c11-9(12)7-5-3-1-2-4-6-8-10(13)14;;/h1-8H,(H,11,12)(H,13,14);;/q;2*+1/p-2/b3-1+,4-2+,7-5+,8-6+;;. The Labute approximate surface area is 138 Å². The van der Waals surface area contributed by atoms with E-state index in [1.807, 2.05) is 0 Å². The predicted molar refractivity (Wildman–Crippen MR) is 46.6 cm³/mol. The molecule has 0 aliphatic rings. The summed E-state index contributed by atoms with van der Waals surface area (Å²) in [6, 6.07) is 0. The second-order valence-electron chi connectivity index (χ2n) is 2.13. The van der Waals surface area contributed by atoms with Crippen LogP contribution >= 0.6 is 0 Å². The van der Waals surface area contributed by atoms with Crippen molar-refractivity contribution in [3.63, 3.8) is 0 Å². The maximum atomic E-state index is 9.88. The number of hydrogen-bond acceptors (Lipinski definition) is 4. The molecule has 0 unspecified atom stereocenters. The maximum Gasteiger partial charge on any atom is 1.00 e. The third kappa shape index (κ3) is 19.5. The van der Waals surface area contributed by atoms with Crippen molar-refractivity contribution in [1.29, 1.82) is 0 Å². The molecule has 0 radical (unpaired) electrons. The Morgan fingerprint density at radius 1 is 0.625 bits per heavy atom. The Hall–Kier alpha value is -0.1000. The van der Waals surface area contributed by atoms with Gasteiger partial charge >= 0.3 is 59.1 Å². The molecule has 0 bridgehead atoms. The molecule has 0 saturated carbocycles. The van der Waals surface area contributed by atoms with Gasteiger partial charge in [0.2, 0.25) is 0 Å². The van der Waals surface area contributed by atoms with Crippen LogP contribution in [0.2, 0.25) is 0 Å². The number of carboxylic acids is 2. The zero-order valence-electron chi connectivity index (χ0n) is 9.25. The van der Waals surface area contributed by atoms with Gasteiger partial charge < -0.3 is 19.8 Å². The van der Waals surface area contributed by atoms with Crippen molar-refractivity contribution >= 4 is 11.9 Å². The largest absolute Gasteiger partial charge is 1.00 e. The molecule has 0 aromatic heterocycles. The zero-order chi connectivity index (χ0) is 10.8. The molecule has 6 heteroatoms. The van der Waals surface area contributed by atoms with Gasteiger partial charge in [0.15, 0.2) is 0 Å². The molecule has 4 nitrogen and oxygen atoms in total. The molecule has 74 valence electrons. The van der Waals surface area contributed by atoms with Crippen LogP contribution in [0.1, 0.15) is 0 Å². The van der Waals surface area contributed by atoms with Gasteiger partial charge in [-0.3, -0.25) is 0 Å². The van der Waals surface area contributed by atoms with Crippen molar-refractivity contribution < 1.29 is 78.9 Å². The quantitative estimate of drug-likeness (QED) is 0.271. The van der Waals surface area contributed by atoms with Gasteiger partial charge in [-0.2, -0.15) is 0 Å². The molecule has 16 heavy (non-hydrogen) atoms. The van der Waals surface area contributed by atoms with E-state index in [1.54, 1.807) is 12.2 Å². The van der Waals surface area contributed by atoms with E-state index in [1.165, 1.54) is 24.3 Å². The van der Waals surface area contributed by atoms with Gasteiger partial charge in [-0.15, -0.1) is 0 Å². The summed E-state index contributed by atoms with van der Waals surface area (Å²) in [5.74, 6) is -2.54. The summed E-state index contributed by atoms with van der Waals surface area (Å²) in [6.07, 6.45) is 10.4. The van der Waals surface area contributed by atoms with Crippen LogP contribution in [0, 0.1) is 0 Å². The average molecular weight is 238 g/mol. The van der Waals surface area contributed by atoms with Gasteiger partial charge in [-0.1, -0.05) is 36.5 Å². The fourth-order valence-corrected chi connectivity index (χ4v) is 0.525. The first-order chi connectivity index (χ1) is 6.63. The van der Waals surface area contributed by atoms with E-state index in [2.05, 4.69) is 0 Å². The van der Waals surface area contributed by atoms with Gasteiger partial charge in [-0.25, -0.2) is 0 Å². The summed E-state index contributed by atoms with van der Waals surface area (Å²) in [5, 5.41) is 19.8. The Balaban J connectivity index is -0.000000845. The van der Waals surface area contributed by atoms with Crippen molar-refractivity contribution in [2.24, 2.45) is 0 Å². The second kappa shape index (κ2) is 14.9. The smallest absolute Gasteiger partial charge is 0.545 e. The van der Waals surface area contributed by atoms with Gasteiger partial charge in [0.1, 0.15) is 0 Å². The maximum absolute atomic E-state index is 9.88. The predicted octanol–water partition coefficient (Wildman–Crippen LogP) is -7.28. The van der Waals surface area contributed by atoms with Crippen LogP contribution in [0.15, 0.2) is 48.6 Å². The third-order valence-electron chi connectivity index (χ3n) is 1.02. The topological polar surface area (TPSA) is 80.3 Å². The molecular weight excluding hydrogens is 230 g/mol. The fourth-order valence-electron chi connectivity index (χ4n) is 0.525. The van der Waals surface area contributed by atoms with Crippen molar-refractivity contribution in [2.45, 2.75) is 0 Å². The van der Waals surface area contributed by atoms with Gasteiger partial charge in [0.05, 0.1) is 11.9 Å².